The molecule has 1 unspecified atom stereocenters. The third kappa shape index (κ3) is 11.7. The number of benzene rings is 2. The van der Waals surface area contributed by atoms with Crippen LogP contribution in [0.25, 0.3) is 5.57 Å². The molecule has 0 spiro atoms. The Morgan fingerprint density at radius 3 is 2.17 bits per heavy atom. The number of hydrogen-bond donors (Lipinski definition) is 0. The van der Waals surface area contributed by atoms with Gasteiger partial charge in [0.1, 0.15) is 12.2 Å². The van der Waals surface area contributed by atoms with Crippen LogP contribution in [0.2, 0.25) is 0 Å². The predicted molar refractivity (Wildman–Crippen MR) is 157 cm³/mol. The van der Waals surface area contributed by atoms with Gasteiger partial charge in [-0.2, -0.15) is 4.37 Å². The molecule has 4 rings (SSSR count). The minimum absolute atomic E-state index is 0. The molecule has 0 saturated heterocycles. The molecule has 0 fully saturated rings. The maximum absolute atomic E-state index is 12.3. The molecular formula is C30H37ClIN3O5S. The van der Waals surface area contributed by atoms with Gasteiger partial charge in [0.25, 0.3) is 5.88 Å². The number of quaternary nitrogens is 1. The van der Waals surface area contributed by atoms with E-state index in [2.05, 4.69) is 33.5 Å². The first kappa shape index (κ1) is 34.7. The number of hydrogen-bond acceptors (Lipinski definition) is 8. The summed E-state index contributed by atoms with van der Waals surface area (Å²) in [6, 6.07) is 17.7. The highest BCUT2D eigenvalue weighted by atomic mass is 127. The molecule has 0 N–H and O–H groups in total. The maximum atomic E-state index is 12.3. The molecule has 11 heteroatoms. The molecule has 3 aromatic rings. The minimum Gasteiger partial charge on any atom is -1.00 e. The molecule has 2 heterocycles. The Balaban J connectivity index is 0.000000413. The molecule has 1 aliphatic heterocycles. The number of nitrogens with zero attached hydrogens (tertiary/aromatic N) is 3. The summed E-state index contributed by atoms with van der Waals surface area (Å²) in [5, 5.41) is 0. The van der Waals surface area contributed by atoms with Crippen LogP contribution in [-0.2, 0) is 9.47 Å². The largest absolute Gasteiger partial charge is 1.00 e. The summed E-state index contributed by atoms with van der Waals surface area (Å²) < 4.78 is 25.5. The van der Waals surface area contributed by atoms with Crippen molar-refractivity contribution in [3.63, 3.8) is 0 Å². The fraction of sp³-hybridized carbons (Fsp3) is 0.400. The third-order valence-electron chi connectivity index (χ3n) is 6.32. The molecule has 0 saturated carbocycles. The van der Waals surface area contributed by atoms with Gasteiger partial charge >= 0.3 is 11.9 Å². The van der Waals surface area contributed by atoms with Crippen LogP contribution in [0.5, 0.6) is 5.88 Å². The summed E-state index contributed by atoms with van der Waals surface area (Å²) in [5.41, 5.74) is 3.05. The maximum Gasteiger partial charge on any atom is 0.342 e. The number of carbonyl (C=O) groups excluding carboxylic acids is 2. The fourth-order valence-corrected chi connectivity index (χ4v) is 4.77. The van der Waals surface area contributed by atoms with Gasteiger partial charge in [0, 0.05) is 12.0 Å². The highest BCUT2D eigenvalue weighted by molar-refractivity contribution is 6.99. The van der Waals surface area contributed by atoms with E-state index in [9.17, 15) is 9.59 Å². The molecule has 0 aliphatic carbocycles. The third-order valence-corrected chi connectivity index (χ3v) is 6.94. The fourth-order valence-electron chi connectivity index (χ4n) is 4.14. The van der Waals surface area contributed by atoms with E-state index in [4.69, 9.17) is 21.1 Å². The molecule has 2 aromatic carbocycles. The van der Waals surface area contributed by atoms with E-state index in [0.717, 1.165) is 37.2 Å². The Morgan fingerprint density at radius 1 is 0.927 bits per heavy atom. The van der Waals surface area contributed by atoms with Crippen molar-refractivity contribution < 1.29 is 52.3 Å². The number of halogens is 2. The Morgan fingerprint density at radius 2 is 1.56 bits per heavy atom. The number of carbonyl (C=O) groups is 2. The van der Waals surface area contributed by atoms with Gasteiger partial charge in [-0.3, -0.25) is 4.48 Å². The lowest BCUT2D eigenvalue weighted by Gasteiger charge is -2.36. The predicted octanol–water partition coefficient (Wildman–Crippen LogP) is 3.59. The highest BCUT2D eigenvalue weighted by Gasteiger charge is 2.31. The number of esters is 2. The van der Waals surface area contributed by atoms with Crippen LogP contribution in [0.3, 0.4) is 0 Å². The van der Waals surface area contributed by atoms with Gasteiger partial charge in [0.2, 0.25) is 6.73 Å². The van der Waals surface area contributed by atoms with Gasteiger partial charge in [0.15, 0.2) is 6.07 Å². The zero-order valence-electron chi connectivity index (χ0n) is 23.5. The van der Waals surface area contributed by atoms with Gasteiger partial charge in [-0.1, -0.05) is 80.3 Å². The van der Waals surface area contributed by atoms with Crippen molar-refractivity contribution in [2.75, 3.05) is 39.5 Å². The SMILES string of the molecule is CCCCCCOc1nsnc1C1=CCC[N+](C)(COC(=O)c2ccccc2)C1.O=C(OCCl)c1ccccc1.[I-]. The molecule has 0 radical (unpaired) electrons. The van der Waals surface area contributed by atoms with Gasteiger partial charge in [-0.15, -0.1) is 4.37 Å². The Bertz CT molecular complexity index is 1230. The van der Waals surface area contributed by atoms with Crippen LogP contribution in [0.4, 0.5) is 0 Å². The molecule has 222 valence electrons. The molecular weight excluding hydrogens is 677 g/mol. The number of aromatic nitrogens is 2. The summed E-state index contributed by atoms with van der Waals surface area (Å²) in [7, 11) is 2.11. The molecule has 1 atom stereocenters. The summed E-state index contributed by atoms with van der Waals surface area (Å²) in [5.74, 6) is -0.0411. The average molecular weight is 714 g/mol. The van der Waals surface area contributed by atoms with E-state index in [0.29, 0.717) is 34.8 Å². The van der Waals surface area contributed by atoms with Crippen molar-refractivity contribution in [1.82, 2.24) is 8.75 Å². The van der Waals surface area contributed by atoms with Crippen molar-refractivity contribution in [3.05, 3.63) is 83.6 Å². The topological polar surface area (TPSA) is 87.6 Å². The first-order chi connectivity index (χ1) is 19.5. The second kappa shape index (κ2) is 18.8. The summed E-state index contributed by atoms with van der Waals surface area (Å²) in [6.07, 6.45) is 7.76. The molecule has 1 aliphatic rings. The van der Waals surface area contributed by atoms with Gasteiger partial charge in [0.05, 0.1) is 43.1 Å². The van der Waals surface area contributed by atoms with E-state index in [1.54, 1.807) is 36.4 Å². The van der Waals surface area contributed by atoms with Crippen molar-refractivity contribution in [3.8, 4) is 5.88 Å². The average Bonchev–Trinajstić information content (AvgIpc) is 3.46. The van der Waals surface area contributed by atoms with Gasteiger partial charge in [-0.05, 0) is 30.7 Å². The lowest BCUT2D eigenvalue weighted by Crippen LogP contribution is -3.00. The normalized spacial score (nSPS) is 15.8. The lowest BCUT2D eigenvalue weighted by molar-refractivity contribution is -0.919. The van der Waals surface area contributed by atoms with Crippen molar-refractivity contribution in [1.29, 1.82) is 0 Å². The smallest absolute Gasteiger partial charge is 0.342 e. The van der Waals surface area contributed by atoms with Crippen LogP contribution < -0.4 is 28.7 Å². The van der Waals surface area contributed by atoms with Crippen molar-refractivity contribution >= 4 is 40.8 Å². The number of unbranched alkanes of at least 4 members (excludes halogenated alkanes) is 3. The lowest BCUT2D eigenvalue weighted by atomic mass is 10.1. The standard InChI is InChI=1S/C22H30N3O3S.C8H7ClO2.HI/c1-3-4-5-9-15-27-21-20(23-29-24-21)19-13-10-14-25(2,16-19)17-28-22(26)18-11-7-6-8-12-18;9-6-11-8(10)7-4-2-1-3-5-7;/h6-8,11-13H,3-5,9-10,14-17H2,1-2H3;1-5H,6H2;1H/q+1;;/p-1. The zero-order valence-corrected chi connectivity index (χ0v) is 27.2. The van der Waals surface area contributed by atoms with Crippen molar-refractivity contribution in [2.45, 2.75) is 39.0 Å². The van der Waals surface area contributed by atoms with E-state index >= 15 is 0 Å². The molecule has 0 amide bonds. The quantitative estimate of drug-likeness (QED) is 0.0933. The van der Waals surface area contributed by atoms with Crippen LogP contribution in [0.1, 0.15) is 65.4 Å². The van der Waals surface area contributed by atoms with Crippen molar-refractivity contribution in [2.24, 2.45) is 0 Å². The summed E-state index contributed by atoms with van der Waals surface area (Å²) in [4.78, 5) is 23.2. The molecule has 0 bridgehead atoms. The first-order valence-corrected chi connectivity index (χ1v) is 14.7. The van der Waals surface area contributed by atoms with Crippen LogP contribution in [0.15, 0.2) is 66.7 Å². The van der Waals surface area contributed by atoms with Crippen LogP contribution >= 0.6 is 23.3 Å². The molecule has 8 nitrogen and oxygen atoms in total. The van der Waals surface area contributed by atoms with Crippen LogP contribution in [-0.4, -0.2) is 64.7 Å². The minimum atomic E-state index is -0.388. The summed E-state index contributed by atoms with van der Waals surface area (Å²) in [6.45, 7) is 4.85. The number of alkyl halides is 1. The monoisotopic (exact) mass is 713 g/mol. The highest BCUT2D eigenvalue weighted by Crippen LogP contribution is 2.30. The number of likely N-dealkylation sites (N-methyl/N-ethyl adjacent to an activating group) is 1. The van der Waals surface area contributed by atoms with Gasteiger partial charge in [-0.25, -0.2) is 9.59 Å². The summed E-state index contributed by atoms with van der Waals surface area (Å²) >= 11 is 6.39. The first-order valence-electron chi connectivity index (χ1n) is 13.4. The van der Waals surface area contributed by atoms with Gasteiger partial charge < -0.3 is 38.2 Å². The van der Waals surface area contributed by atoms with E-state index in [1.165, 1.54) is 31.0 Å². The Hall–Kier alpha value is -2.54. The zero-order chi connectivity index (χ0) is 28.6. The number of rotatable bonds is 12. The second-order valence-corrected chi connectivity index (χ2v) is 10.4. The van der Waals surface area contributed by atoms with Crippen LogP contribution in [0, 0.1) is 0 Å². The van der Waals surface area contributed by atoms with E-state index < -0.39 is 0 Å². The van der Waals surface area contributed by atoms with E-state index in [-0.39, 0.29) is 42.0 Å². The van der Waals surface area contributed by atoms with E-state index in [1.807, 2.05) is 24.3 Å². The number of ether oxygens (including phenoxy) is 3. The Kier molecular flexibility index (Phi) is 15.9. The molecule has 41 heavy (non-hydrogen) atoms. The Labute approximate surface area is 268 Å². The second-order valence-electron chi connectivity index (χ2n) is 9.68. The molecule has 1 aromatic heterocycles.